The molecule has 2 unspecified atom stereocenters. The van der Waals surface area contributed by atoms with Gasteiger partial charge in [0.1, 0.15) is 0 Å². The standard InChI is InChI=1S/C15H20ClFN2O/c1-3-10-9-19(11(4-2)8-18-10)15(20)12-6-5-7-13(16)14(12)17/h5-7,10-11,18H,3-4,8-9H2,1-2H3. The zero-order valence-electron chi connectivity index (χ0n) is 11.8. The number of carbonyl (C=O) groups is 1. The quantitative estimate of drug-likeness (QED) is 0.930. The zero-order chi connectivity index (χ0) is 14.7. The maximum Gasteiger partial charge on any atom is 0.257 e. The molecule has 1 aromatic carbocycles. The van der Waals surface area contributed by atoms with Crippen molar-refractivity contribution in [3.05, 3.63) is 34.6 Å². The summed E-state index contributed by atoms with van der Waals surface area (Å²) in [6.45, 7) is 5.47. The number of nitrogens with zero attached hydrogens (tertiary/aromatic N) is 1. The highest BCUT2D eigenvalue weighted by Gasteiger charge is 2.31. The summed E-state index contributed by atoms with van der Waals surface area (Å²) in [5.74, 6) is -0.891. The molecule has 2 atom stereocenters. The number of halogens is 2. The van der Waals surface area contributed by atoms with Crippen LogP contribution >= 0.6 is 11.6 Å². The molecule has 0 aliphatic carbocycles. The fourth-order valence-electron chi connectivity index (χ4n) is 2.57. The summed E-state index contributed by atoms with van der Waals surface area (Å²) in [5.41, 5.74) is 0.0627. The van der Waals surface area contributed by atoms with Crippen LogP contribution in [0.3, 0.4) is 0 Å². The Labute approximate surface area is 124 Å². The second-order valence-electron chi connectivity index (χ2n) is 5.13. The Bertz CT molecular complexity index is 495. The molecule has 1 amide bonds. The average Bonchev–Trinajstić information content (AvgIpc) is 2.48. The normalized spacial score (nSPS) is 22.9. The fraction of sp³-hybridized carbons (Fsp3) is 0.533. The molecule has 1 aliphatic rings. The predicted molar refractivity (Wildman–Crippen MR) is 78.6 cm³/mol. The van der Waals surface area contributed by atoms with E-state index >= 15 is 0 Å². The van der Waals surface area contributed by atoms with Gasteiger partial charge in [0.05, 0.1) is 10.6 Å². The van der Waals surface area contributed by atoms with E-state index in [1.54, 1.807) is 11.0 Å². The van der Waals surface area contributed by atoms with Gasteiger partial charge in [-0.3, -0.25) is 4.79 Å². The first kappa shape index (κ1) is 15.3. The summed E-state index contributed by atoms with van der Waals surface area (Å²) in [6.07, 6.45) is 1.79. The van der Waals surface area contributed by atoms with E-state index in [9.17, 15) is 9.18 Å². The number of benzene rings is 1. The minimum Gasteiger partial charge on any atom is -0.333 e. The lowest BCUT2D eigenvalue weighted by Crippen LogP contribution is -2.58. The number of piperazine rings is 1. The van der Waals surface area contributed by atoms with Crippen LogP contribution in [0.25, 0.3) is 0 Å². The van der Waals surface area contributed by atoms with Crippen LogP contribution in [0, 0.1) is 5.82 Å². The van der Waals surface area contributed by atoms with Gasteiger partial charge >= 0.3 is 0 Å². The van der Waals surface area contributed by atoms with Crippen LogP contribution < -0.4 is 5.32 Å². The van der Waals surface area contributed by atoms with Crippen LogP contribution in [0.2, 0.25) is 5.02 Å². The first-order valence-electron chi connectivity index (χ1n) is 7.06. The topological polar surface area (TPSA) is 32.3 Å². The van der Waals surface area contributed by atoms with E-state index in [4.69, 9.17) is 11.6 Å². The largest absolute Gasteiger partial charge is 0.333 e. The zero-order valence-corrected chi connectivity index (χ0v) is 12.6. The molecule has 1 heterocycles. The molecular weight excluding hydrogens is 279 g/mol. The molecule has 1 saturated heterocycles. The van der Waals surface area contributed by atoms with Crippen LogP contribution in [0.1, 0.15) is 37.0 Å². The smallest absolute Gasteiger partial charge is 0.257 e. The predicted octanol–water partition coefficient (Wildman–Crippen LogP) is 3.08. The second-order valence-corrected chi connectivity index (χ2v) is 5.54. The SMILES string of the molecule is CCC1CN(C(=O)c2cccc(Cl)c2F)C(CC)CN1. The third-order valence-electron chi connectivity index (χ3n) is 3.91. The molecule has 110 valence electrons. The van der Waals surface area contributed by atoms with E-state index in [1.165, 1.54) is 12.1 Å². The number of hydrogen-bond acceptors (Lipinski definition) is 2. The van der Waals surface area contributed by atoms with E-state index in [2.05, 4.69) is 12.2 Å². The van der Waals surface area contributed by atoms with Gasteiger partial charge in [0.25, 0.3) is 5.91 Å². The molecule has 1 N–H and O–H groups in total. The molecule has 0 bridgehead atoms. The van der Waals surface area contributed by atoms with Crippen molar-refractivity contribution in [1.29, 1.82) is 0 Å². The molecule has 0 radical (unpaired) electrons. The summed E-state index contributed by atoms with van der Waals surface area (Å²) in [5, 5.41) is 3.41. The molecule has 1 aliphatic heterocycles. The van der Waals surface area contributed by atoms with Gasteiger partial charge in [-0.05, 0) is 25.0 Å². The van der Waals surface area contributed by atoms with Gasteiger partial charge in [-0.2, -0.15) is 0 Å². The van der Waals surface area contributed by atoms with E-state index in [-0.39, 0.29) is 28.6 Å². The molecule has 3 nitrogen and oxygen atoms in total. The Hall–Kier alpha value is -1.13. The Morgan fingerprint density at radius 2 is 2.20 bits per heavy atom. The Morgan fingerprint density at radius 3 is 2.85 bits per heavy atom. The van der Waals surface area contributed by atoms with Crippen LogP contribution in [0.5, 0.6) is 0 Å². The highest BCUT2D eigenvalue weighted by molar-refractivity contribution is 6.31. The Kier molecular flexibility index (Phi) is 5.00. The summed E-state index contributed by atoms with van der Waals surface area (Å²) in [4.78, 5) is 14.4. The third-order valence-corrected chi connectivity index (χ3v) is 4.20. The molecule has 20 heavy (non-hydrogen) atoms. The van der Waals surface area contributed by atoms with Gasteiger partial charge in [-0.1, -0.05) is 31.5 Å². The maximum absolute atomic E-state index is 14.0. The summed E-state index contributed by atoms with van der Waals surface area (Å²) in [7, 11) is 0. The van der Waals surface area contributed by atoms with Crippen molar-refractivity contribution in [2.45, 2.75) is 38.8 Å². The van der Waals surface area contributed by atoms with Crippen molar-refractivity contribution in [3.63, 3.8) is 0 Å². The van der Waals surface area contributed by atoms with Gasteiger partial charge in [0, 0.05) is 25.2 Å². The minimum atomic E-state index is -0.624. The second kappa shape index (κ2) is 6.55. The molecule has 1 fully saturated rings. The Balaban J connectivity index is 2.27. The molecule has 5 heteroatoms. The monoisotopic (exact) mass is 298 g/mol. The number of amides is 1. The molecule has 0 spiro atoms. The lowest BCUT2D eigenvalue weighted by molar-refractivity contribution is 0.0571. The molecular formula is C15H20ClFN2O. The van der Waals surface area contributed by atoms with Crippen molar-refractivity contribution in [1.82, 2.24) is 10.2 Å². The number of hydrogen-bond donors (Lipinski definition) is 1. The number of nitrogens with one attached hydrogen (secondary N) is 1. The van der Waals surface area contributed by atoms with Crippen molar-refractivity contribution >= 4 is 17.5 Å². The van der Waals surface area contributed by atoms with Crippen molar-refractivity contribution < 1.29 is 9.18 Å². The lowest BCUT2D eigenvalue weighted by Gasteiger charge is -2.40. The molecule has 0 saturated carbocycles. The fourth-order valence-corrected chi connectivity index (χ4v) is 2.75. The molecule has 2 rings (SSSR count). The van der Waals surface area contributed by atoms with Crippen molar-refractivity contribution in [2.24, 2.45) is 0 Å². The van der Waals surface area contributed by atoms with Gasteiger partial charge in [0.2, 0.25) is 0 Å². The van der Waals surface area contributed by atoms with E-state index in [0.29, 0.717) is 6.54 Å². The number of carbonyl (C=O) groups excluding carboxylic acids is 1. The minimum absolute atomic E-state index is 0.00826. The third kappa shape index (κ3) is 2.96. The maximum atomic E-state index is 14.0. The van der Waals surface area contributed by atoms with E-state index < -0.39 is 5.82 Å². The van der Waals surface area contributed by atoms with Crippen LogP contribution in [0.15, 0.2) is 18.2 Å². The summed E-state index contributed by atoms with van der Waals surface area (Å²) in [6, 6.07) is 4.93. The Morgan fingerprint density at radius 1 is 1.45 bits per heavy atom. The van der Waals surface area contributed by atoms with Crippen LogP contribution in [0.4, 0.5) is 4.39 Å². The van der Waals surface area contributed by atoms with Gasteiger partial charge in [0.15, 0.2) is 5.82 Å². The summed E-state index contributed by atoms with van der Waals surface area (Å²) >= 11 is 5.76. The molecule has 1 aromatic rings. The average molecular weight is 299 g/mol. The molecule has 0 aromatic heterocycles. The van der Waals surface area contributed by atoms with Gasteiger partial charge < -0.3 is 10.2 Å². The van der Waals surface area contributed by atoms with Crippen LogP contribution in [-0.4, -0.2) is 36.0 Å². The van der Waals surface area contributed by atoms with Gasteiger partial charge in [-0.25, -0.2) is 4.39 Å². The summed E-state index contributed by atoms with van der Waals surface area (Å²) < 4.78 is 14.0. The number of rotatable bonds is 3. The highest BCUT2D eigenvalue weighted by Crippen LogP contribution is 2.22. The van der Waals surface area contributed by atoms with Crippen molar-refractivity contribution in [2.75, 3.05) is 13.1 Å². The van der Waals surface area contributed by atoms with E-state index in [0.717, 1.165) is 19.4 Å². The van der Waals surface area contributed by atoms with Gasteiger partial charge in [-0.15, -0.1) is 0 Å². The van der Waals surface area contributed by atoms with E-state index in [1.807, 2.05) is 6.92 Å². The first-order valence-corrected chi connectivity index (χ1v) is 7.44. The highest BCUT2D eigenvalue weighted by atomic mass is 35.5. The van der Waals surface area contributed by atoms with Crippen LogP contribution in [-0.2, 0) is 0 Å². The lowest BCUT2D eigenvalue weighted by atomic mass is 10.0. The first-order chi connectivity index (χ1) is 9.58. The van der Waals surface area contributed by atoms with Crippen molar-refractivity contribution in [3.8, 4) is 0 Å².